The molecule has 0 amide bonds. The van der Waals surface area contributed by atoms with E-state index >= 15 is 0 Å². The van der Waals surface area contributed by atoms with E-state index in [2.05, 4.69) is 67.9 Å². The Labute approximate surface area is 467 Å². The van der Waals surface area contributed by atoms with Crippen molar-refractivity contribution in [3.63, 3.8) is 0 Å². The minimum absolute atomic E-state index is 0.0208. The van der Waals surface area contributed by atoms with Crippen LogP contribution in [0, 0.1) is 118 Å². The molecule has 13 heteroatoms. The van der Waals surface area contributed by atoms with Crippen LogP contribution in [0.3, 0.4) is 0 Å². The largest absolute Gasteiger partial charge is 0.455 e. The summed E-state index contributed by atoms with van der Waals surface area (Å²) in [5.74, 6) is 9.55. The van der Waals surface area contributed by atoms with E-state index in [0.29, 0.717) is 64.8 Å². The van der Waals surface area contributed by atoms with Crippen molar-refractivity contribution in [3.05, 3.63) is 48.9 Å². The summed E-state index contributed by atoms with van der Waals surface area (Å²) in [6.07, 6.45) is 20.8. The molecule has 16 bridgehead atoms. The lowest BCUT2D eigenvalue weighted by Gasteiger charge is -2.61. The van der Waals surface area contributed by atoms with Crippen LogP contribution in [0.25, 0.3) is 0 Å². The van der Waals surface area contributed by atoms with Gasteiger partial charge >= 0.3 is 24.1 Å². The number of carbonyl (C=O) groups excluding carboxylic acids is 3. The molecule has 0 aliphatic heterocycles. The molecule has 0 unspecified atom stereocenters. The quantitative estimate of drug-likeness (QED) is 0.0768. The Kier molecular flexibility index (Phi) is 16.8. The summed E-state index contributed by atoms with van der Waals surface area (Å²) in [6.45, 7) is 32.4. The lowest BCUT2D eigenvalue weighted by molar-refractivity contribution is -0.225. The van der Waals surface area contributed by atoms with Crippen molar-refractivity contribution in [2.24, 2.45) is 118 Å². The molecule has 78 heavy (non-hydrogen) atoms. The van der Waals surface area contributed by atoms with Gasteiger partial charge in [0, 0.05) is 11.6 Å². The standard InChI is InChI=1S/C17H23F3O2.C17H26O2.C16H24O2.C15H24O3S/c1-9(2)16(22-15(21)10(3)17(18,19)20)13-5-11-4-12(7-13)8-14(16)6-11;1-10(2)16(18)19-17(11(3)4)14-6-12-5-13(8-14)9-15(17)7-12;1-4-15(17)18-16(10(2)3)13-6-11-5-12(8-13)9-14(16)7-11;1-4-19(16,17)18-15(10(2)3)13-6-11-5-12(8-13)9-14(15)7-11/h9,11-14H,3-8H2,1-2H3;11-15H,1,5-9H2,2-4H3;4,10-14H,1,5-9H2,2-3H3;4,10-14H,1,5-9H2,2-3H3. The highest BCUT2D eigenvalue weighted by Crippen LogP contribution is 2.66. The highest BCUT2D eigenvalue weighted by atomic mass is 32.2. The van der Waals surface area contributed by atoms with Gasteiger partial charge in [0.25, 0.3) is 10.1 Å². The van der Waals surface area contributed by atoms with Gasteiger partial charge in [-0.15, -0.1) is 0 Å². The number of halogens is 3. The van der Waals surface area contributed by atoms with Gasteiger partial charge in [0.2, 0.25) is 0 Å². The third-order valence-electron chi connectivity index (χ3n) is 23.7. The Balaban J connectivity index is 0.000000127. The Morgan fingerprint density at radius 1 is 0.449 bits per heavy atom. The summed E-state index contributed by atoms with van der Waals surface area (Å²) < 4.78 is 85.6. The zero-order chi connectivity index (χ0) is 56.8. The fourth-order valence-electron chi connectivity index (χ4n) is 21.6. The van der Waals surface area contributed by atoms with Gasteiger partial charge in [-0.05, 0) is 254 Å². The van der Waals surface area contributed by atoms with Crippen LogP contribution in [0.2, 0.25) is 0 Å². The van der Waals surface area contributed by atoms with Gasteiger partial charge in [-0.1, -0.05) is 81.7 Å². The average Bonchev–Trinajstić information content (AvgIpc) is 3.34. The zero-order valence-corrected chi connectivity index (χ0v) is 49.7. The van der Waals surface area contributed by atoms with Gasteiger partial charge in [0.15, 0.2) is 0 Å². The van der Waals surface area contributed by atoms with Crippen LogP contribution in [0.5, 0.6) is 0 Å². The lowest BCUT2D eigenvalue weighted by atomic mass is 9.47. The maximum atomic E-state index is 12.7. The van der Waals surface area contributed by atoms with E-state index in [1.165, 1.54) is 83.1 Å². The highest BCUT2D eigenvalue weighted by Gasteiger charge is 2.65. The topological polar surface area (TPSA) is 122 Å². The fourth-order valence-corrected chi connectivity index (χ4v) is 22.5. The van der Waals surface area contributed by atoms with Crippen LogP contribution in [0.1, 0.15) is 191 Å². The normalized spacial score (nSPS) is 43.3. The Bertz CT molecular complexity index is 2300. The third-order valence-corrected chi connectivity index (χ3v) is 24.6. The lowest BCUT2D eigenvalue weighted by Crippen LogP contribution is -2.62. The number of ether oxygens (including phenoxy) is 3. The second-order valence-electron chi connectivity index (χ2n) is 29.2. The average molecular weight is 1110 g/mol. The summed E-state index contributed by atoms with van der Waals surface area (Å²) in [5, 5.41) is 0.961. The summed E-state index contributed by atoms with van der Waals surface area (Å²) in [7, 11) is -3.60. The van der Waals surface area contributed by atoms with Crippen LogP contribution >= 0.6 is 0 Å². The van der Waals surface area contributed by atoms with Crippen molar-refractivity contribution in [1.82, 2.24) is 0 Å². The first-order valence-corrected chi connectivity index (χ1v) is 32.3. The maximum Gasteiger partial charge on any atom is 0.422 e. The van der Waals surface area contributed by atoms with Crippen LogP contribution in [-0.2, 0) is 42.9 Å². The zero-order valence-electron chi connectivity index (χ0n) is 48.9. The molecule has 438 valence electrons. The molecule has 0 aromatic carbocycles. The summed E-state index contributed by atoms with van der Waals surface area (Å²) in [4.78, 5) is 35.9. The van der Waals surface area contributed by atoms with Crippen molar-refractivity contribution in [1.29, 1.82) is 0 Å². The van der Waals surface area contributed by atoms with Crippen molar-refractivity contribution < 1.29 is 54.4 Å². The molecule has 0 heterocycles. The van der Waals surface area contributed by atoms with Gasteiger partial charge in [-0.25, -0.2) is 14.4 Å². The van der Waals surface area contributed by atoms with Crippen molar-refractivity contribution in [3.8, 4) is 0 Å². The molecule has 0 atom stereocenters. The minimum atomic E-state index is -4.72. The van der Waals surface area contributed by atoms with E-state index in [9.17, 15) is 36.0 Å². The molecule has 0 radical (unpaired) electrons. The molecule has 16 fully saturated rings. The van der Waals surface area contributed by atoms with E-state index in [0.717, 1.165) is 92.3 Å². The van der Waals surface area contributed by atoms with E-state index in [-0.39, 0.29) is 46.8 Å². The molecule has 16 rings (SSSR count). The number of esters is 3. The first-order chi connectivity index (χ1) is 36.5. The number of rotatable bonds is 13. The minimum Gasteiger partial charge on any atom is -0.455 e. The van der Waals surface area contributed by atoms with E-state index in [1.54, 1.807) is 6.92 Å². The summed E-state index contributed by atoms with van der Waals surface area (Å²) in [5.41, 5.74) is -2.46. The highest BCUT2D eigenvalue weighted by molar-refractivity contribution is 7.89. The summed E-state index contributed by atoms with van der Waals surface area (Å²) >= 11 is 0. The fraction of sp³-hybridized carbons (Fsp3) is 0.831. The second kappa shape index (κ2) is 22.0. The number of carbonyl (C=O) groups is 3. The molecule has 0 saturated heterocycles. The Morgan fingerprint density at radius 3 is 0.910 bits per heavy atom. The van der Waals surface area contributed by atoms with Gasteiger partial charge in [0.1, 0.15) is 22.4 Å². The van der Waals surface area contributed by atoms with Gasteiger partial charge in [-0.3, -0.25) is 4.18 Å². The van der Waals surface area contributed by atoms with Crippen LogP contribution in [-0.4, -0.2) is 54.9 Å². The third kappa shape index (κ3) is 10.6. The van der Waals surface area contributed by atoms with Gasteiger partial charge in [-0.2, -0.15) is 21.6 Å². The van der Waals surface area contributed by atoms with Crippen LogP contribution < -0.4 is 0 Å². The molecule has 0 aromatic rings. The molecule has 0 N–H and O–H groups in total. The van der Waals surface area contributed by atoms with Gasteiger partial charge < -0.3 is 14.2 Å². The van der Waals surface area contributed by atoms with Gasteiger partial charge in [0.05, 0.1) is 11.0 Å². The van der Waals surface area contributed by atoms with Crippen molar-refractivity contribution in [2.45, 2.75) is 219 Å². The Morgan fingerprint density at radius 2 is 0.692 bits per heavy atom. The van der Waals surface area contributed by atoms with Crippen molar-refractivity contribution in [2.75, 3.05) is 0 Å². The molecule has 0 aromatic heterocycles. The second-order valence-corrected chi connectivity index (χ2v) is 30.6. The first-order valence-electron chi connectivity index (χ1n) is 30.8. The molecule has 16 aliphatic carbocycles. The molecule has 9 nitrogen and oxygen atoms in total. The molecular weight excluding hydrogens is 1010 g/mol. The number of hydrogen-bond donors (Lipinski definition) is 0. The number of alkyl halides is 3. The van der Waals surface area contributed by atoms with Crippen molar-refractivity contribution >= 4 is 28.0 Å². The molecule has 16 saturated carbocycles. The van der Waals surface area contributed by atoms with E-state index in [4.69, 9.17) is 18.4 Å². The smallest absolute Gasteiger partial charge is 0.422 e. The molecule has 16 aliphatic rings. The number of hydrogen-bond acceptors (Lipinski definition) is 9. The van der Waals surface area contributed by atoms with E-state index in [1.807, 2.05) is 13.8 Å². The monoisotopic (exact) mass is 1110 g/mol. The predicted octanol–water partition coefficient (Wildman–Crippen LogP) is 15.3. The van der Waals surface area contributed by atoms with E-state index < -0.39 is 39.0 Å². The predicted molar refractivity (Wildman–Crippen MR) is 297 cm³/mol. The molecule has 0 spiro atoms. The molecular formula is C65H97F3O9S. The first kappa shape index (κ1) is 59.7. The van der Waals surface area contributed by atoms with Crippen LogP contribution in [0.4, 0.5) is 13.2 Å². The SMILES string of the molecule is C=C(C(=O)OC1(C(C)C)C2CC3CC(C2)CC1C3)C(F)(F)F.C=C(C)C(=O)OC1(C(C)C)C2CC3CC(C2)CC1C3.C=CC(=O)OC1(C(C)C)C2CC3CC(C2)CC1C3.C=CS(=O)(=O)OC1(C(C)C)C2CC3CC(C2)CC1C3. The summed E-state index contributed by atoms with van der Waals surface area (Å²) in [6, 6.07) is 0. The van der Waals surface area contributed by atoms with Crippen LogP contribution in [0.15, 0.2) is 48.9 Å². The maximum absolute atomic E-state index is 12.7. The Hall–Kier alpha value is -2.93.